The van der Waals surface area contributed by atoms with E-state index in [4.69, 9.17) is 9.47 Å². The molecule has 0 radical (unpaired) electrons. The van der Waals surface area contributed by atoms with Crippen LogP contribution in [0.25, 0.3) is 0 Å². The SMILES string of the molecule is COc1ccc(CCNC(=NCC(=O)N(C)C)NC2CCN(CC3CCOC3)CC2)cc1.I. The molecule has 186 valence electrons. The number of carbonyl (C=O) groups is 1. The zero-order valence-corrected chi connectivity index (χ0v) is 22.5. The molecule has 1 atom stereocenters. The summed E-state index contributed by atoms with van der Waals surface area (Å²) in [6, 6.07) is 8.47. The van der Waals surface area contributed by atoms with Crippen molar-refractivity contribution in [3.63, 3.8) is 0 Å². The van der Waals surface area contributed by atoms with Gasteiger partial charge in [-0.2, -0.15) is 0 Å². The molecule has 2 aliphatic rings. The monoisotopic (exact) mass is 573 g/mol. The fourth-order valence-electron chi connectivity index (χ4n) is 4.10. The quantitative estimate of drug-likeness (QED) is 0.268. The summed E-state index contributed by atoms with van der Waals surface area (Å²) in [4.78, 5) is 20.7. The van der Waals surface area contributed by atoms with Gasteiger partial charge in [0.25, 0.3) is 0 Å². The number of ether oxygens (including phenoxy) is 2. The summed E-state index contributed by atoms with van der Waals surface area (Å²) in [7, 11) is 5.19. The summed E-state index contributed by atoms with van der Waals surface area (Å²) in [6.45, 7) is 6.03. The Balaban J connectivity index is 0.00000385. The Morgan fingerprint density at radius 3 is 2.55 bits per heavy atom. The number of nitrogens with zero attached hydrogens (tertiary/aromatic N) is 3. The van der Waals surface area contributed by atoms with E-state index in [1.165, 1.54) is 12.0 Å². The van der Waals surface area contributed by atoms with Gasteiger partial charge < -0.3 is 29.9 Å². The number of rotatable bonds is 9. The molecule has 8 nitrogen and oxygen atoms in total. The largest absolute Gasteiger partial charge is 0.497 e. The lowest BCUT2D eigenvalue weighted by Gasteiger charge is -2.34. The molecule has 0 aliphatic carbocycles. The fraction of sp³-hybridized carbons (Fsp3) is 0.667. The van der Waals surface area contributed by atoms with E-state index in [0.717, 1.165) is 70.4 Å². The Hall–Kier alpha value is -1.59. The van der Waals surface area contributed by atoms with Crippen LogP contribution < -0.4 is 15.4 Å². The minimum absolute atomic E-state index is 0. The van der Waals surface area contributed by atoms with Gasteiger partial charge in [0.05, 0.1) is 13.7 Å². The molecule has 9 heteroatoms. The van der Waals surface area contributed by atoms with E-state index in [1.807, 2.05) is 12.1 Å². The predicted molar refractivity (Wildman–Crippen MR) is 143 cm³/mol. The molecule has 1 aromatic carbocycles. The van der Waals surface area contributed by atoms with Crippen molar-refractivity contribution < 1.29 is 14.3 Å². The third-order valence-corrected chi connectivity index (χ3v) is 6.21. The zero-order chi connectivity index (χ0) is 22.8. The number of aliphatic imine (C=N–C) groups is 1. The molecule has 2 fully saturated rings. The highest BCUT2D eigenvalue weighted by Gasteiger charge is 2.24. The van der Waals surface area contributed by atoms with Crippen LogP contribution in [-0.2, 0) is 16.0 Å². The highest BCUT2D eigenvalue weighted by molar-refractivity contribution is 14.0. The van der Waals surface area contributed by atoms with Crippen LogP contribution in [0.2, 0.25) is 0 Å². The average Bonchev–Trinajstić information content (AvgIpc) is 3.31. The van der Waals surface area contributed by atoms with E-state index < -0.39 is 0 Å². The van der Waals surface area contributed by atoms with Gasteiger partial charge in [-0.05, 0) is 49.3 Å². The van der Waals surface area contributed by atoms with Crippen molar-refractivity contribution in [3.05, 3.63) is 29.8 Å². The number of benzene rings is 1. The third kappa shape index (κ3) is 9.66. The fourth-order valence-corrected chi connectivity index (χ4v) is 4.10. The van der Waals surface area contributed by atoms with Gasteiger partial charge >= 0.3 is 0 Å². The topological polar surface area (TPSA) is 78.4 Å². The van der Waals surface area contributed by atoms with Crippen molar-refractivity contribution in [3.8, 4) is 5.75 Å². The number of nitrogens with one attached hydrogen (secondary N) is 2. The van der Waals surface area contributed by atoms with Crippen LogP contribution in [0.3, 0.4) is 0 Å². The van der Waals surface area contributed by atoms with Gasteiger partial charge in [0.2, 0.25) is 5.91 Å². The summed E-state index contributed by atoms with van der Waals surface area (Å²) >= 11 is 0. The van der Waals surface area contributed by atoms with Crippen molar-refractivity contribution in [2.75, 3.05) is 67.1 Å². The second-order valence-corrected chi connectivity index (χ2v) is 8.93. The van der Waals surface area contributed by atoms with Gasteiger partial charge in [0.15, 0.2) is 5.96 Å². The Morgan fingerprint density at radius 2 is 1.94 bits per heavy atom. The molecule has 0 saturated carbocycles. The van der Waals surface area contributed by atoms with Gasteiger partial charge in [0, 0.05) is 52.9 Å². The van der Waals surface area contributed by atoms with Crippen molar-refractivity contribution in [2.45, 2.75) is 31.7 Å². The number of carbonyl (C=O) groups excluding carboxylic acids is 1. The first-order valence-corrected chi connectivity index (χ1v) is 11.7. The number of halogens is 1. The van der Waals surface area contributed by atoms with E-state index in [9.17, 15) is 4.79 Å². The Kier molecular flexibility index (Phi) is 12.3. The molecule has 2 aliphatic heterocycles. The number of hydrogen-bond donors (Lipinski definition) is 2. The Morgan fingerprint density at radius 1 is 1.21 bits per heavy atom. The van der Waals surface area contributed by atoms with E-state index >= 15 is 0 Å². The first-order valence-electron chi connectivity index (χ1n) is 11.7. The highest BCUT2D eigenvalue weighted by Crippen LogP contribution is 2.17. The van der Waals surface area contributed by atoms with Crippen molar-refractivity contribution in [1.82, 2.24) is 20.4 Å². The predicted octanol–water partition coefficient (Wildman–Crippen LogP) is 1.98. The lowest BCUT2D eigenvalue weighted by Crippen LogP contribution is -2.50. The molecule has 2 N–H and O–H groups in total. The Bertz CT molecular complexity index is 730. The molecule has 2 saturated heterocycles. The molecule has 0 aromatic heterocycles. The van der Waals surface area contributed by atoms with Crippen LogP contribution in [0.1, 0.15) is 24.8 Å². The van der Waals surface area contributed by atoms with Gasteiger partial charge in [-0.3, -0.25) is 4.79 Å². The van der Waals surface area contributed by atoms with E-state index in [2.05, 4.69) is 32.7 Å². The third-order valence-electron chi connectivity index (χ3n) is 6.21. The maximum absolute atomic E-state index is 12.0. The molecule has 3 rings (SSSR count). The number of amides is 1. The molecule has 0 bridgehead atoms. The lowest BCUT2D eigenvalue weighted by atomic mass is 10.0. The second-order valence-electron chi connectivity index (χ2n) is 8.93. The number of piperidine rings is 1. The molecular weight excluding hydrogens is 533 g/mol. The first kappa shape index (κ1) is 27.7. The summed E-state index contributed by atoms with van der Waals surface area (Å²) < 4.78 is 10.7. The first-order chi connectivity index (χ1) is 15.5. The molecule has 33 heavy (non-hydrogen) atoms. The highest BCUT2D eigenvalue weighted by atomic mass is 127. The van der Waals surface area contributed by atoms with Gasteiger partial charge in [0.1, 0.15) is 12.3 Å². The Labute approximate surface area is 215 Å². The number of hydrogen-bond acceptors (Lipinski definition) is 5. The standard InChI is InChI=1S/C24H39N5O3.HI/c1-28(2)23(30)16-26-24(25-12-8-19-4-6-22(31-3)7-5-19)27-21-9-13-29(14-10-21)17-20-11-15-32-18-20;/h4-7,20-21H,8-18H2,1-3H3,(H2,25,26,27);1H. The van der Waals surface area contributed by atoms with E-state index in [-0.39, 0.29) is 36.4 Å². The molecule has 2 heterocycles. The summed E-state index contributed by atoms with van der Waals surface area (Å²) in [5.74, 6) is 2.26. The zero-order valence-electron chi connectivity index (χ0n) is 20.2. The van der Waals surface area contributed by atoms with Crippen LogP contribution in [0.15, 0.2) is 29.3 Å². The number of guanidine groups is 1. The van der Waals surface area contributed by atoms with Crippen molar-refractivity contribution in [2.24, 2.45) is 10.9 Å². The van der Waals surface area contributed by atoms with E-state index in [0.29, 0.717) is 12.0 Å². The lowest BCUT2D eigenvalue weighted by molar-refractivity contribution is -0.127. The number of likely N-dealkylation sites (N-methyl/N-ethyl adjacent to an activating group) is 1. The van der Waals surface area contributed by atoms with Crippen LogP contribution >= 0.6 is 24.0 Å². The van der Waals surface area contributed by atoms with Gasteiger partial charge in [-0.25, -0.2) is 4.99 Å². The number of methoxy groups -OCH3 is 1. The van der Waals surface area contributed by atoms with Crippen LogP contribution in [0, 0.1) is 5.92 Å². The summed E-state index contributed by atoms with van der Waals surface area (Å²) in [6.07, 6.45) is 4.21. The molecular formula is C24H40IN5O3. The minimum Gasteiger partial charge on any atom is -0.497 e. The van der Waals surface area contributed by atoms with Crippen LogP contribution in [0.5, 0.6) is 5.75 Å². The summed E-state index contributed by atoms with van der Waals surface area (Å²) in [5, 5.41) is 6.98. The van der Waals surface area contributed by atoms with Crippen LogP contribution in [-0.4, -0.2) is 94.9 Å². The molecule has 1 amide bonds. The molecule has 1 aromatic rings. The maximum Gasteiger partial charge on any atom is 0.243 e. The number of likely N-dealkylation sites (tertiary alicyclic amines) is 1. The normalized spacial score (nSPS) is 19.6. The van der Waals surface area contributed by atoms with Gasteiger partial charge in [-0.1, -0.05) is 12.1 Å². The van der Waals surface area contributed by atoms with E-state index in [1.54, 1.807) is 26.1 Å². The minimum atomic E-state index is -0.00476. The molecule has 1 unspecified atom stereocenters. The van der Waals surface area contributed by atoms with Crippen LogP contribution in [0.4, 0.5) is 0 Å². The average molecular weight is 574 g/mol. The summed E-state index contributed by atoms with van der Waals surface area (Å²) in [5.41, 5.74) is 1.23. The van der Waals surface area contributed by atoms with Gasteiger partial charge in [-0.15, -0.1) is 24.0 Å². The maximum atomic E-state index is 12.0. The van der Waals surface area contributed by atoms with Crippen molar-refractivity contribution >= 4 is 35.8 Å². The second kappa shape index (κ2) is 14.6. The smallest absolute Gasteiger partial charge is 0.243 e. The molecule has 0 spiro atoms. The van der Waals surface area contributed by atoms with Crippen molar-refractivity contribution in [1.29, 1.82) is 0 Å².